The molecule has 12 aromatic rings. The molecule has 20 rings (SSSR count). The number of hydrogen-bond acceptors (Lipinski definition) is 0. The maximum atomic E-state index is 2.49. The van der Waals surface area contributed by atoms with Crippen LogP contribution in [0.15, 0.2) is 374 Å². The van der Waals surface area contributed by atoms with Crippen LogP contribution in [0.5, 0.6) is 0 Å². The molecule has 8 aliphatic carbocycles. The van der Waals surface area contributed by atoms with E-state index in [0.717, 1.165) is 47.3 Å². The molecule has 0 aromatic heterocycles. The first-order valence-corrected chi connectivity index (χ1v) is 65.4. The Morgan fingerprint density at radius 3 is 0.267 bits per heavy atom. The second-order valence-electron chi connectivity index (χ2n) is 45.5. The van der Waals surface area contributed by atoms with Crippen LogP contribution in [-0.4, -0.2) is 0 Å². The van der Waals surface area contributed by atoms with Gasteiger partial charge in [-0.1, -0.05) is 465 Å². The largest absolute Gasteiger partial charge is 0.166 e. The average Bonchev–Trinajstić information content (AvgIpc) is 0.811. The summed E-state index contributed by atoms with van der Waals surface area (Å²) in [6, 6.07) is 123. The molecule has 0 saturated heterocycles. The highest BCUT2D eigenvalue weighted by molar-refractivity contribution is 7.98. The van der Waals surface area contributed by atoms with Crippen LogP contribution in [0.25, 0.3) is 0 Å². The Hall–Kier alpha value is -7.96. The molecular formula is C142H184S4+4. The summed E-state index contributed by atoms with van der Waals surface area (Å²) in [5.74, 6) is 6.00. The normalized spacial score (nSPS) is 19.2. The van der Waals surface area contributed by atoms with Crippen molar-refractivity contribution < 1.29 is 0 Å². The van der Waals surface area contributed by atoms with E-state index in [4.69, 9.17) is 0 Å². The third-order valence-electron chi connectivity index (χ3n) is 35.0. The fourth-order valence-corrected chi connectivity index (χ4v) is 34.5. The van der Waals surface area contributed by atoms with Gasteiger partial charge in [0, 0.05) is 0 Å². The molecule has 0 spiro atoms. The molecule has 0 amide bonds. The Labute approximate surface area is 900 Å². The third kappa shape index (κ3) is 34.0. The Kier molecular flexibility index (Phi) is 46.5. The van der Waals surface area contributed by atoms with Gasteiger partial charge in [0.05, 0.1) is 43.6 Å². The van der Waals surface area contributed by atoms with Crippen LogP contribution >= 0.6 is 0 Å². The summed E-state index contributed by atoms with van der Waals surface area (Å²) in [4.78, 5) is 17.3. The summed E-state index contributed by atoms with van der Waals surface area (Å²) in [6.07, 6.45) is 87.1. The molecule has 0 atom stereocenters. The second-order valence-corrected chi connectivity index (χ2v) is 53.6. The molecule has 8 fully saturated rings. The first-order valence-electron chi connectivity index (χ1n) is 60.5. The van der Waals surface area contributed by atoms with E-state index in [9.17, 15) is 0 Å². The lowest BCUT2D eigenvalue weighted by molar-refractivity contribution is 0.455. The molecule has 146 heavy (non-hydrogen) atoms. The van der Waals surface area contributed by atoms with E-state index in [1.807, 2.05) is 0 Å². The van der Waals surface area contributed by atoms with Crippen molar-refractivity contribution >= 4 is 43.6 Å². The van der Waals surface area contributed by atoms with Gasteiger partial charge < -0.3 is 0 Å². The average molecular weight is 2020 g/mol. The minimum atomic E-state index is -0.0729. The molecule has 0 N–H and O–H groups in total. The fourth-order valence-electron chi connectivity index (χ4n) is 26.2. The molecule has 0 aliphatic heterocycles. The second kappa shape index (κ2) is 62.1. The molecule has 0 heterocycles. The van der Waals surface area contributed by atoms with Crippen LogP contribution in [0.2, 0.25) is 0 Å². The molecular weight excluding hydrogens is 1830 g/mol. The van der Waals surface area contributed by atoms with Crippen molar-refractivity contribution in [3.8, 4) is 0 Å². The topological polar surface area (TPSA) is 0 Å². The van der Waals surface area contributed by atoms with Gasteiger partial charge in [-0.2, -0.15) is 0 Å². The van der Waals surface area contributed by atoms with Crippen molar-refractivity contribution in [3.63, 3.8) is 0 Å². The number of hydrogen-bond donors (Lipinski definition) is 0. The summed E-state index contributed by atoms with van der Waals surface area (Å²) in [5, 5.41) is 0. The number of rotatable bonds is 20. The van der Waals surface area contributed by atoms with Crippen LogP contribution < -0.4 is 0 Å². The Balaban J connectivity index is 0.000000134. The molecule has 772 valence electrons. The van der Waals surface area contributed by atoms with Crippen molar-refractivity contribution in [1.29, 1.82) is 0 Å². The first-order chi connectivity index (χ1) is 72.5. The van der Waals surface area contributed by atoms with E-state index in [-0.39, 0.29) is 43.6 Å². The summed E-state index contributed by atoms with van der Waals surface area (Å²) < 4.78 is 0. The monoisotopic (exact) mass is 2020 g/mol. The first kappa shape index (κ1) is 109. The lowest BCUT2D eigenvalue weighted by Crippen LogP contribution is -2.08. The van der Waals surface area contributed by atoms with Gasteiger partial charge in [-0.3, -0.25) is 0 Å². The molecule has 0 radical (unpaired) electrons. The zero-order valence-corrected chi connectivity index (χ0v) is 93.4. The summed E-state index contributed by atoms with van der Waals surface area (Å²) in [7, 11) is -0.229. The van der Waals surface area contributed by atoms with Gasteiger partial charge >= 0.3 is 0 Å². The standard InChI is InChI=1S/C42H57S.C38H51S.C34H43S.C28H33S/c1-4-10-16-34(17-11-5-1)37-22-28-40(29-23-37)43(41-30-24-38(25-31-41)35-18-12-6-2-7-13-19-35)42-32-26-39(27-33-42)36-20-14-8-3-9-15-21-36;1-3-7-12-18-32(19-13-8-4-1)34-24-28-37(29-25-34)39(36-22-16-11-17-23-36)38-30-26-35(27-31-38)33-20-14-9-5-2-6-10-15-21-33;1-3-8-14-28(15-9-4-1)30-20-24-33(25-21-30)35(32-18-12-7-13-19-32)34-26-22-31(23-27-34)29-16-10-5-2-6-11-17-29;1-2-4-8-14-24(15-9-5-3-1)25-20-22-28(23-21-25)29(26-16-10-6-11-17-26)27-18-12-7-13-19-27/h22-36H,1-21H2;11,16-17,22-33H,1-10,12-15,18-21H2;7,12-13,18-29H,1-6,8-11,14-17H2;6-7,10-13,16-24H,1-5,8-9,14-15H2/q4*+1. The van der Waals surface area contributed by atoms with Gasteiger partial charge in [-0.25, -0.2) is 0 Å². The molecule has 0 unspecified atom stereocenters. The highest BCUT2D eigenvalue weighted by atomic mass is 32.2. The molecule has 0 nitrogen and oxygen atoms in total. The van der Waals surface area contributed by atoms with E-state index in [0.29, 0.717) is 0 Å². The maximum absolute atomic E-state index is 2.49. The molecule has 4 heteroatoms. The van der Waals surface area contributed by atoms with Gasteiger partial charge in [0.1, 0.15) is 0 Å². The zero-order chi connectivity index (χ0) is 99.1. The maximum Gasteiger partial charge on any atom is 0.166 e. The molecule has 12 aromatic carbocycles. The number of benzene rings is 12. The zero-order valence-electron chi connectivity index (χ0n) is 90.1. The van der Waals surface area contributed by atoms with Crippen LogP contribution in [-0.2, 0) is 43.6 Å². The van der Waals surface area contributed by atoms with Crippen molar-refractivity contribution in [1.82, 2.24) is 0 Å². The van der Waals surface area contributed by atoms with E-state index in [1.165, 1.54) is 457 Å². The van der Waals surface area contributed by atoms with Crippen molar-refractivity contribution in [3.05, 3.63) is 360 Å². The molecule has 8 saturated carbocycles. The van der Waals surface area contributed by atoms with E-state index in [2.05, 4.69) is 315 Å². The van der Waals surface area contributed by atoms with Crippen molar-refractivity contribution in [2.24, 2.45) is 0 Å². The highest BCUT2D eigenvalue weighted by Crippen LogP contribution is 2.46. The summed E-state index contributed by atoms with van der Waals surface area (Å²) >= 11 is 0. The lowest BCUT2D eigenvalue weighted by Gasteiger charge is -2.21. The fraction of sp³-hybridized carbons (Fsp3) is 0.493. The minimum absolute atomic E-state index is 0.0391. The highest BCUT2D eigenvalue weighted by Gasteiger charge is 2.36. The molecule has 8 aliphatic rings. The van der Waals surface area contributed by atoms with Gasteiger partial charge in [-0.15, -0.1) is 0 Å². The Morgan fingerprint density at radius 1 is 0.0890 bits per heavy atom. The van der Waals surface area contributed by atoms with Gasteiger partial charge in [0.2, 0.25) is 0 Å². The Morgan fingerprint density at radius 2 is 0.171 bits per heavy atom. The van der Waals surface area contributed by atoms with E-state index >= 15 is 0 Å². The predicted molar refractivity (Wildman–Crippen MR) is 634 cm³/mol. The smallest absolute Gasteiger partial charge is 0.0619 e. The quantitative estimate of drug-likeness (QED) is 0.0667. The van der Waals surface area contributed by atoms with Gasteiger partial charge in [-0.05, 0) is 340 Å². The van der Waals surface area contributed by atoms with Gasteiger partial charge in [0.25, 0.3) is 0 Å². The summed E-state index contributed by atoms with van der Waals surface area (Å²) in [6.45, 7) is 0. The lowest BCUT2D eigenvalue weighted by atomic mass is 9.86. The van der Waals surface area contributed by atoms with Crippen LogP contribution in [0.4, 0.5) is 0 Å². The van der Waals surface area contributed by atoms with E-state index in [1.54, 1.807) is 44.5 Å². The SMILES string of the molecule is c1cc([S+](c2ccc(C3CCCCCCC3)cc2)c2ccc(C3CCCCCCC3)cc2)ccc1C1CCCCCCC1.c1ccc([S+](c2ccc(C3CCCCCCC3)cc2)c2ccc(C3CCCCCCC3)cc2)cc1.c1ccc([S+](c2ccc(C3CCCCCCCCC3)cc2)c2ccc(C3CCCCCCCCC3)cc2)cc1.c1ccc([S+](c2ccccc2)c2ccc(C3CCCCCCCCC3)cc2)cc1. The van der Waals surface area contributed by atoms with Crippen molar-refractivity contribution in [2.45, 2.75) is 504 Å². The Bertz CT molecular complexity index is 5100. The third-order valence-corrected chi connectivity index (χ3v) is 43.9. The van der Waals surface area contributed by atoms with E-state index < -0.39 is 0 Å². The molecule has 0 bridgehead atoms. The van der Waals surface area contributed by atoms with Crippen LogP contribution in [0.3, 0.4) is 0 Å². The van der Waals surface area contributed by atoms with Crippen LogP contribution in [0, 0.1) is 0 Å². The van der Waals surface area contributed by atoms with Gasteiger partial charge in [0.15, 0.2) is 58.7 Å². The predicted octanol–water partition coefficient (Wildman–Crippen LogP) is 44.1. The minimum Gasteiger partial charge on any atom is -0.0619 e. The summed E-state index contributed by atoms with van der Waals surface area (Å²) in [5.41, 5.74) is 12.6. The van der Waals surface area contributed by atoms with Crippen LogP contribution in [0.1, 0.15) is 490 Å². The van der Waals surface area contributed by atoms with Crippen molar-refractivity contribution in [2.75, 3.05) is 0 Å².